The highest BCUT2D eigenvalue weighted by molar-refractivity contribution is 6.08. The SMILES string of the molecule is CCC1(CC)NC(=O)N(CC(=O)O[C@H](C)C(=O)Nc2ccc(OC)c(OC)c2)C1=O. The number of carbonyl (C=O) groups excluding carboxylic acids is 4. The van der Waals surface area contributed by atoms with Crippen LogP contribution in [0.4, 0.5) is 10.5 Å². The van der Waals surface area contributed by atoms with Crippen molar-refractivity contribution < 1.29 is 33.4 Å². The second-order valence-electron chi connectivity index (χ2n) is 6.80. The van der Waals surface area contributed by atoms with E-state index in [4.69, 9.17) is 14.2 Å². The Kier molecular flexibility index (Phi) is 7.25. The number of hydrogen-bond donors (Lipinski definition) is 2. The van der Waals surface area contributed by atoms with Gasteiger partial charge in [0.25, 0.3) is 11.8 Å². The summed E-state index contributed by atoms with van der Waals surface area (Å²) in [5.74, 6) is -0.995. The zero-order valence-corrected chi connectivity index (χ0v) is 17.7. The minimum atomic E-state index is -1.14. The van der Waals surface area contributed by atoms with Crippen LogP contribution in [0.25, 0.3) is 0 Å². The number of esters is 1. The number of methoxy groups -OCH3 is 2. The molecule has 30 heavy (non-hydrogen) atoms. The van der Waals surface area contributed by atoms with Gasteiger partial charge in [0.05, 0.1) is 14.2 Å². The number of nitrogens with zero attached hydrogens (tertiary/aromatic N) is 1. The summed E-state index contributed by atoms with van der Waals surface area (Å²) >= 11 is 0. The largest absolute Gasteiger partial charge is 0.493 e. The van der Waals surface area contributed by atoms with E-state index < -0.39 is 42.0 Å². The Labute approximate surface area is 174 Å². The second kappa shape index (κ2) is 9.47. The third-order valence-corrected chi connectivity index (χ3v) is 5.07. The first-order chi connectivity index (χ1) is 14.2. The van der Waals surface area contributed by atoms with Gasteiger partial charge >= 0.3 is 12.0 Å². The maximum absolute atomic E-state index is 12.5. The summed E-state index contributed by atoms with van der Waals surface area (Å²) in [6.45, 7) is 4.39. The van der Waals surface area contributed by atoms with E-state index in [1.54, 1.807) is 32.0 Å². The van der Waals surface area contributed by atoms with E-state index >= 15 is 0 Å². The zero-order valence-electron chi connectivity index (χ0n) is 17.7. The van der Waals surface area contributed by atoms with Crippen LogP contribution in [-0.2, 0) is 19.1 Å². The van der Waals surface area contributed by atoms with Crippen LogP contribution >= 0.6 is 0 Å². The third kappa shape index (κ3) is 4.64. The molecule has 10 heteroatoms. The van der Waals surface area contributed by atoms with Crippen molar-refractivity contribution in [1.29, 1.82) is 0 Å². The summed E-state index contributed by atoms with van der Waals surface area (Å²) < 4.78 is 15.4. The lowest BCUT2D eigenvalue weighted by atomic mass is 9.93. The summed E-state index contributed by atoms with van der Waals surface area (Å²) in [6, 6.07) is 4.14. The van der Waals surface area contributed by atoms with Gasteiger partial charge < -0.3 is 24.8 Å². The summed E-state index contributed by atoms with van der Waals surface area (Å²) in [5.41, 5.74) is -0.585. The molecule has 1 saturated heterocycles. The number of amides is 4. The maximum Gasteiger partial charge on any atom is 0.327 e. The van der Waals surface area contributed by atoms with Crippen molar-refractivity contribution in [2.24, 2.45) is 0 Å². The normalized spacial score (nSPS) is 16.0. The number of ether oxygens (including phenoxy) is 3. The molecule has 2 rings (SSSR count). The minimum absolute atomic E-state index is 0.407. The average molecular weight is 421 g/mol. The van der Waals surface area contributed by atoms with Gasteiger partial charge in [-0.2, -0.15) is 0 Å². The van der Waals surface area contributed by atoms with Gasteiger partial charge in [0.2, 0.25) is 0 Å². The molecule has 164 valence electrons. The van der Waals surface area contributed by atoms with Crippen LogP contribution in [0.15, 0.2) is 18.2 Å². The number of rotatable bonds is 9. The molecule has 0 saturated carbocycles. The average Bonchev–Trinajstić information content (AvgIpc) is 2.97. The number of hydrogen-bond acceptors (Lipinski definition) is 7. The Morgan fingerprint density at radius 2 is 1.77 bits per heavy atom. The number of urea groups is 1. The molecule has 0 unspecified atom stereocenters. The fraction of sp³-hybridized carbons (Fsp3) is 0.500. The quantitative estimate of drug-likeness (QED) is 0.459. The number of imide groups is 1. The highest BCUT2D eigenvalue weighted by atomic mass is 16.5. The van der Waals surface area contributed by atoms with Crippen molar-refractivity contribution in [3.8, 4) is 11.5 Å². The van der Waals surface area contributed by atoms with Gasteiger partial charge in [0.1, 0.15) is 12.1 Å². The molecule has 1 aromatic rings. The van der Waals surface area contributed by atoms with Crippen LogP contribution in [0.2, 0.25) is 0 Å². The molecule has 4 amide bonds. The van der Waals surface area contributed by atoms with E-state index in [2.05, 4.69) is 10.6 Å². The van der Waals surface area contributed by atoms with Crippen molar-refractivity contribution in [2.45, 2.75) is 45.3 Å². The van der Waals surface area contributed by atoms with Gasteiger partial charge in [-0.05, 0) is 31.9 Å². The van der Waals surface area contributed by atoms with E-state index in [9.17, 15) is 19.2 Å². The Balaban J connectivity index is 1.96. The molecule has 1 aromatic carbocycles. The van der Waals surface area contributed by atoms with Gasteiger partial charge in [0.15, 0.2) is 17.6 Å². The molecule has 2 N–H and O–H groups in total. The highest BCUT2D eigenvalue weighted by Gasteiger charge is 2.49. The van der Waals surface area contributed by atoms with Crippen molar-refractivity contribution in [1.82, 2.24) is 10.2 Å². The van der Waals surface area contributed by atoms with Crippen molar-refractivity contribution in [3.05, 3.63) is 18.2 Å². The lowest BCUT2D eigenvalue weighted by Crippen LogP contribution is -2.46. The van der Waals surface area contributed by atoms with E-state index in [0.717, 1.165) is 4.90 Å². The maximum atomic E-state index is 12.5. The Morgan fingerprint density at radius 1 is 1.13 bits per heavy atom. The van der Waals surface area contributed by atoms with Crippen LogP contribution in [-0.4, -0.2) is 61.1 Å². The zero-order chi connectivity index (χ0) is 22.5. The van der Waals surface area contributed by atoms with Crippen LogP contribution in [0, 0.1) is 0 Å². The summed E-state index contributed by atoms with van der Waals surface area (Å²) in [6.07, 6.45) is -0.332. The number of benzene rings is 1. The Morgan fingerprint density at radius 3 is 2.30 bits per heavy atom. The third-order valence-electron chi connectivity index (χ3n) is 5.07. The Hall–Kier alpha value is -3.30. The Bertz CT molecular complexity index is 836. The van der Waals surface area contributed by atoms with Crippen LogP contribution in [0.1, 0.15) is 33.6 Å². The summed E-state index contributed by atoms with van der Waals surface area (Å²) in [5, 5.41) is 5.23. The first-order valence-corrected chi connectivity index (χ1v) is 9.57. The second-order valence-corrected chi connectivity index (χ2v) is 6.80. The predicted octanol–water partition coefficient (Wildman–Crippen LogP) is 1.68. The summed E-state index contributed by atoms with van der Waals surface area (Å²) in [7, 11) is 2.96. The smallest absolute Gasteiger partial charge is 0.327 e. The lowest BCUT2D eigenvalue weighted by Gasteiger charge is -2.23. The standard InChI is InChI=1S/C20H27N3O7/c1-6-20(7-2)18(26)23(19(27)22-20)11-16(24)30-12(3)17(25)21-13-8-9-14(28-4)15(10-13)29-5/h8-10,12H,6-7,11H2,1-5H3,(H,21,25)(H,22,27)/t12-/m1/s1. The monoisotopic (exact) mass is 421 g/mol. The van der Waals surface area contributed by atoms with Crippen molar-refractivity contribution >= 4 is 29.5 Å². The van der Waals surface area contributed by atoms with Crippen molar-refractivity contribution in [3.63, 3.8) is 0 Å². The summed E-state index contributed by atoms with van der Waals surface area (Å²) in [4.78, 5) is 50.0. The molecule has 1 fully saturated rings. The molecular formula is C20H27N3O7. The van der Waals surface area contributed by atoms with Crippen molar-refractivity contribution in [2.75, 3.05) is 26.1 Å². The first-order valence-electron chi connectivity index (χ1n) is 9.57. The van der Waals surface area contributed by atoms with Crippen LogP contribution < -0.4 is 20.1 Å². The molecule has 0 aliphatic carbocycles. The minimum Gasteiger partial charge on any atom is -0.493 e. The fourth-order valence-electron chi connectivity index (χ4n) is 3.12. The molecule has 1 aliphatic heterocycles. The van der Waals surface area contributed by atoms with Crippen LogP contribution in [0.5, 0.6) is 11.5 Å². The van der Waals surface area contributed by atoms with Gasteiger partial charge in [-0.3, -0.25) is 19.3 Å². The molecule has 0 spiro atoms. The van der Waals surface area contributed by atoms with Gasteiger partial charge in [0, 0.05) is 11.8 Å². The van der Waals surface area contributed by atoms with E-state index in [-0.39, 0.29) is 0 Å². The lowest BCUT2D eigenvalue weighted by molar-refractivity contribution is -0.155. The molecule has 0 bridgehead atoms. The molecule has 10 nitrogen and oxygen atoms in total. The predicted molar refractivity (Wildman–Crippen MR) is 107 cm³/mol. The molecular weight excluding hydrogens is 394 g/mol. The topological polar surface area (TPSA) is 123 Å². The van der Waals surface area contributed by atoms with Gasteiger partial charge in [-0.15, -0.1) is 0 Å². The number of nitrogens with one attached hydrogen (secondary N) is 2. The van der Waals surface area contributed by atoms with E-state index in [1.807, 2.05) is 0 Å². The van der Waals surface area contributed by atoms with Gasteiger partial charge in [-0.25, -0.2) is 4.79 Å². The molecule has 1 heterocycles. The van der Waals surface area contributed by atoms with E-state index in [0.29, 0.717) is 30.0 Å². The fourth-order valence-corrected chi connectivity index (χ4v) is 3.12. The molecule has 0 radical (unpaired) electrons. The first kappa shape index (κ1) is 23.0. The molecule has 1 aliphatic rings. The molecule has 1 atom stereocenters. The van der Waals surface area contributed by atoms with Gasteiger partial charge in [-0.1, -0.05) is 13.8 Å². The van der Waals surface area contributed by atoms with Crippen LogP contribution in [0.3, 0.4) is 0 Å². The number of carbonyl (C=O) groups is 4. The number of anilines is 1. The highest BCUT2D eigenvalue weighted by Crippen LogP contribution is 2.30. The molecule has 0 aromatic heterocycles. The van der Waals surface area contributed by atoms with E-state index in [1.165, 1.54) is 21.1 Å².